The van der Waals surface area contributed by atoms with Gasteiger partial charge in [-0.2, -0.15) is 0 Å². The number of amides is 1. The zero-order valence-corrected chi connectivity index (χ0v) is 19.0. The molecule has 0 spiro atoms. The van der Waals surface area contributed by atoms with Crippen molar-refractivity contribution in [2.24, 2.45) is 5.92 Å². The Kier molecular flexibility index (Phi) is 5.23. The zero-order valence-electron chi connectivity index (χ0n) is 19.0. The lowest BCUT2D eigenvalue weighted by Crippen LogP contribution is -2.49. The van der Waals surface area contributed by atoms with Crippen molar-refractivity contribution in [1.29, 1.82) is 0 Å². The number of nitrogens with zero attached hydrogens (tertiary/aromatic N) is 3. The van der Waals surface area contributed by atoms with E-state index in [4.69, 9.17) is 4.74 Å². The molecular weight excluding hydrogens is 414 g/mol. The van der Waals surface area contributed by atoms with Crippen LogP contribution in [0.1, 0.15) is 48.1 Å². The quantitative estimate of drug-likeness (QED) is 0.783. The highest BCUT2D eigenvalue weighted by atomic mass is 16.5. The summed E-state index contributed by atoms with van der Waals surface area (Å²) in [4.78, 5) is 21.5. The van der Waals surface area contributed by atoms with Crippen LogP contribution in [0.2, 0.25) is 0 Å². The molecule has 1 aromatic heterocycles. The number of fused-ring (bicyclic) bond motifs is 1. The van der Waals surface area contributed by atoms with Gasteiger partial charge < -0.3 is 19.6 Å². The van der Waals surface area contributed by atoms with Crippen LogP contribution in [0.3, 0.4) is 0 Å². The van der Waals surface area contributed by atoms with Crippen LogP contribution in [0.15, 0.2) is 36.5 Å². The Bertz CT molecular complexity index is 1080. The maximum atomic E-state index is 12.4. The summed E-state index contributed by atoms with van der Waals surface area (Å²) in [5, 5.41) is 11.0. The summed E-state index contributed by atoms with van der Waals surface area (Å²) in [7, 11) is 0. The molecule has 2 aromatic rings. The van der Waals surface area contributed by atoms with Gasteiger partial charge in [0, 0.05) is 82.0 Å². The molecule has 0 atom stereocenters. The number of ether oxygens (including phenoxy) is 1. The van der Waals surface area contributed by atoms with Crippen molar-refractivity contribution in [3.63, 3.8) is 0 Å². The van der Waals surface area contributed by atoms with Crippen LogP contribution < -0.4 is 4.90 Å². The molecule has 1 N–H and O–H groups in total. The van der Waals surface area contributed by atoms with Crippen LogP contribution in [-0.4, -0.2) is 60.3 Å². The molecule has 172 valence electrons. The summed E-state index contributed by atoms with van der Waals surface area (Å²) < 4.78 is 5.42. The SMILES string of the molecule is O=C(C1CC1)N1CCN(c2ccnc3c2C=C(c2ccc(C4(O)CCOCC4)cc2)C3)CC1. The Morgan fingerprint density at radius 1 is 1.03 bits per heavy atom. The van der Waals surface area contributed by atoms with Gasteiger partial charge in [0.1, 0.15) is 0 Å². The molecule has 6 rings (SSSR count). The minimum absolute atomic E-state index is 0.297. The van der Waals surface area contributed by atoms with Crippen LogP contribution in [0.4, 0.5) is 5.69 Å². The maximum absolute atomic E-state index is 12.4. The molecule has 33 heavy (non-hydrogen) atoms. The molecule has 1 aromatic carbocycles. The van der Waals surface area contributed by atoms with Gasteiger partial charge in [-0.05, 0) is 41.7 Å². The summed E-state index contributed by atoms with van der Waals surface area (Å²) in [5.41, 5.74) is 6.19. The smallest absolute Gasteiger partial charge is 0.225 e. The van der Waals surface area contributed by atoms with Gasteiger partial charge in [0.2, 0.25) is 5.91 Å². The van der Waals surface area contributed by atoms with Gasteiger partial charge in [-0.3, -0.25) is 9.78 Å². The van der Waals surface area contributed by atoms with Gasteiger partial charge in [0.05, 0.1) is 11.3 Å². The first-order valence-corrected chi connectivity index (χ1v) is 12.2. The van der Waals surface area contributed by atoms with E-state index in [0.29, 0.717) is 37.9 Å². The van der Waals surface area contributed by atoms with Crippen molar-refractivity contribution in [3.8, 4) is 0 Å². The molecule has 4 aliphatic rings. The van der Waals surface area contributed by atoms with E-state index in [-0.39, 0.29) is 0 Å². The number of hydrogen-bond donors (Lipinski definition) is 1. The molecule has 0 radical (unpaired) electrons. The van der Waals surface area contributed by atoms with Crippen LogP contribution in [0, 0.1) is 5.92 Å². The highest BCUT2D eigenvalue weighted by Crippen LogP contribution is 2.38. The van der Waals surface area contributed by atoms with Gasteiger partial charge in [0.15, 0.2) is 0 Å². The zero-order chi connectivity index (χ0) is 22.4. The monoisotopic (exact) mass is 445 g/mol. The van der Waals surface area contributed by atoms with E-state index >= 15 is 0 Å². The summed E-state index contributed by atoms with van der Waals surface area (Å²) >= 11 is 0. The number of benzene rings is 1. The van der Waals surface area contributed by atoms with Gasteiger partial charge in [-0.15, -0.1) is 0 Å². The second-order valence-corrected chi connectivity index (χ2v) is 9.84. The third-order valence-electron chi connectivity index (χ3n) is 7.70. The second-order valence-electron chi connectivity index (χ2n) is 9.84. The first kappa shape index (κ1) is 20.9. The Morgan fingerprint density at radius 2 is 1.76 bits per heavy atom. The molecule has 2 aliphatic carbocycles. The van der Waals surface area contributed by atoms with E-state index in [1.807, 2.05) is 11.1 Å². The molecule has 2 saturated heterocycles. The number of piperazine rings is 1. The molecular formula is C27H31N3O3. The molecule has 0 bridgehead atoms. The molecule has 1 amide bonds. The fraction of sp³-hybridized carbons (Fsp3) is 0.481. The standard InChI is InChI=1S/C27H31N3O3/c31-26(20-1-2-20)30-13-11-29(12-14-30)25-7-10-28-24-18-21(17-23(24)25)19-3-5-22(6-4-19)27(32)8-15-33-16-9-27/h3-7,10,17,20,32H,1-2,8-9,11-16,18H2. The normalized spacial score (nSPS) is 22.2. The number of carbonyl (C=O) groups excluding carboxylic acids is 1. The average molecular weight is 446 g/mol. The first-order chi connectivity index (χ1) is 16.1. The minimum Gasteiger partial charge on any atom is -0.385 e. The van der Waals surface area contributed by atoms with Crippen molar-refractivity contribution < 1.29 is 14.6 Å². The van der Waals surface area contributed by atoms with Crippen molar-refractivity contribution >= 4 is 23.2 Å². The Morgan fingerprint density at radius 3 is 2.45 bits per heavy atom. The van der Waals surface area contributed by atoms with E-state index in [1.165, 1.54) is 22.4 Å². The van der Waals surface area contributed by atoms with E-state index in [0.717, 1.165) is 56.7 Å². The number of aromatic nitrogens is 1. The van der Waals surface area contributed by atoms with Crippen molar-refractivity contribution in [3.05, 3.63) is 58.9 Å². The van der Waals surface area contributed by atoms with E-state index in [1.54, 1.807) is 0 Å². The van der Waals surface area contributed by atoms with E-state index < -0.39 is 5.60 Å². The number of hydrogen-bond acceptors (Lipinski definition) is 5. The van der Waals surface area contributed by atoms with Gasteiger partial charge in [-0.25, -0.2) is 0 Å². The number of carbonyl (C=O) groups is 1. The fourth-order valence-electron chi connectivity index (χ4n) is 5.42. The lowest BCUT2D eigenvalue weighted by molar-refractivity contribution is -0.132. The third-order valence-corrected chi connectivity index (χ3v) is 7.70. The molecule has 1 saturated carbocycles. The largest absolute Gasteiger partial charge is 0.385 e. The van der Waals surface area contributed by atoms with Gasteiger partial charge in [-0.1, -0.05) is 24.3 Å². The number of anilines is 1. The molecule has 3 heterocycles. The Labute approximate surface area is 194 Å². The third kappa shape index (κ3) is 3.96. The van der Waals surface area contributed by atoms with E-state index in [2.05, 4.69) is 46.3 Å². The predicted molar refractivity (Wildman–Crippen MR) is 128 cm³/mol. The first-order valence-electron chi connectivity index (χ1n) is 12.2. The van der Waals surface area contributed by atoms with Crippen LogP contribution in [0.25, 0.3) is 11.6 Å². The lowest BCUT2D eigenvalue weighted by Gasteiger charge is -2.37. The predicted octanol–water partition coefficient (Wildman–Crippen LogP) is 3.23. The number of allylic oxidation sites excluding steroid dienone is 1. The average Bonchev–Trinajstić information content (AvgIpc) is 3.62. The summed E-state index contributed by atoms with van der Waals surface area (Å²) in [6.07, 6.45) is 8.44. The van der Waals surface area contributed by atoms with Gasteiger partial charge in [0.25, 0.3) is 0 Å². The molecule has 6 heteroatoms. The fourth-order valence-corrected chi connectivity index (χ4v) is 5.42. The minimum atomic E-state index is -0.776. The molecule has 2 aliphatic heterocycles. The van der Waals surface area contributed by atoms with Crippen molar-refractivity contribution in [2.75, 3.05) is 44.3 Å². The highest BCUT2D eigenvalue weighted by molar-refractivity contribution is 5.92. The molecule has 3 fully saturated rings. The maximum Gasteiger partial charge on any atom is 0.225 e. The number of aliphatic hydroxyl groups is 1. The number of rotatable bonds is 4. The lowest BCUT2D eigenvalue weighted by atomic mass is 9.85. The summed E-state index contributed by atoms with van der Waals surface area (Å²) in [5.74, 6) is 0.649. The van der Waals surface area contributed by atoms with Crippen molar-refractivity contribution in [2.45, 2.75) is 37.7 Å². The van der Waals surface area contributed by atoms with E-state index in [9.17, 15) is 9.90 Å². The van der Waals surface area contributed by atoms with Crippen molar-refractivity contribution in [1.82, 2.24) is 9.88 Å². The highest BCUT2D eigenvalue weighted by Gasteiger charge is 2.35. The molecule has 6 nitrogen and oxygen atoms in total. The van der Waals surface area contributed by atoms with Crippen LogP contribution in [0.5, 0.6) is 0 Å². The number of pyridine rings is 1. The Hall–Kier alpha value is -2.70. The van der Waals surface area contributed by atoms with Crippen LogP contribution >= 0.6 is 0 Å². The Balaban J connectivity index is 1.19. The summed E-state index contributed by atoms with van der Waals surface area (Å²) in [6, 6.07) is 10.5. The van der Waals surface area contributed by atoms with Gasteiger partial charge >= 0.3 is 0 Å². The molecule has 0 unspecified atom stereocenters. The topological polar surface area (TPSA) is 65.9 Å². The van der Waals surface area contributed by atoms with Crippen LogP contribution in [-0.2, 0) is 21.6 Å². The second kappa shape index (κ2) is 8.26. The summed E-state index contributed by atoms with van der Waals surface area (Å²) in [6.45, 7) is 4.56.